The molecule has 1 aliphatic carbocycles. The molecule has 0 spiro atoms. The summed E-state index contributed by atoms with van der Waals surface area (Å²) < 4.78 is 17.2. The number of primary amides is 1. The molecule has 1 heterocycles. The monoisotopic (exact) mass is 472 g/mol. The molecule has 8 heteroatoms. The summed E-state index contributed by atoms with van der Waals surface area (Å²) in [5.74, 6) is 0.300. The van der Waals surface area contributed by atoms with E-state index in [0.717, 1.165) is 54.8 Å². The molecule has 0 bridgehead atoms. The highest BCUT2D eigenvalue weighted by molar-refractivity contribution is 7.51. The van der Waals surface area contributed by atoms with Gasteiger partial charge in [-0.2, -0.15) is 0 Å². The topological polar surface area (TPSA) is 113 Å². The molecule has 4 rings (SSSR count). The lowest BCUT2D eigenvalue weighted by Crippen LogP contribution is -2.42. The van der Waals surface area contributed by atoms with Gasteiger partial charge in [0.05, 0.1) is 12.8 Å². The number of rotatable bonds is 9. The van der Waals surface area contributed by atoms with Crippen molar-refractivity contribution >= 4 is 19.2 Å². The molecule has 2 aromatic carbocycles. The molecule has 178 valence electrons. The number of hydrogen-bond donors (Lipinski definition) is 3. The minimum absolute atomic E-state index is 0.0262. The fraction of sp³-hybridized carbons (Fsp3) is 0.480. The number of nitrogens with zero attached hydrogens (tertiary/aromatic N) is 1. The first kappa shape index (κ1) is 23.8. The van der Waals surface area contributed by atoms with E-state index in [1.807, 2.05) is 18.2 Å². The maximum atomic E-state index is 12.4. The second kappa shape index (κ2) is 9.88. The normalized spacial score (nSPS) is 22.0. The molecule has 1 saturated carbocycles. The van der Waals surface area contributed by atoms with E-state index in [9.17, 15) is 9.36 Å². The first-order chi connectivity index (χ1) is 15.8. The van der Waals surface area contributed by atoms with Crippen molar-refractivity contribution < 1.29 is 23.9 Å². The van der Waals surface area contributed by atoms with Crippen molar-refractivity contribution in [1.29, 1.82) is 0 Å². The van der Waals surface area contributed by atoms with Gasteiger partial charge < -0.3 is 25.2 Å². The predicted octanol–water partition coefficient (Wildman–Crippen LogP) is 3.95. The van der Waals surface area contributed by atoms with Crippen molar-refractivity contribution in [2.24, 2.45) is 11.7 Å². The minimum Gasteiger partial charge on any atom is -0.493 e. The van der Waals surface area contributed by atoms with Crippen molar-refractivity contribution in [3.8, 4) is 5.75 Å². The summed E-state index contributed by atoms with van der Waals surface area (Å²) in [6.45, 7) is 3.07. The summed E-state index contributed by atoms with van der Waals surface area (Å²) in [5.41, 5.74) is 10.4. The number of carbonyl (C=O) groups excluding carboxylic acids is 1. The maximum absolute atomic E-state index is 12.4. The molecule has 0 saturated heterocycles. The summed E-state index contributed by atoms with van der Waals surface area (Å²) in [4.78, 5) is 33.0. The molecule has 7 nitrogen and oxygen atoms in total. The molecular weight excluding hydrogens is 439 g/mol. The maximum Gasteiger partial charge on any atom is 0.325 e. The fourth-order valence-electron chi connectivity index (χ4n) is 5.43. The van der Waals surface area contributed by atoms with Gasteiger partial charge in [-0.3, -0.25) is 9.36 Å². The van der Waals surface area contributed by atoms with Crippen LogP contribution in [0.3, 0.4) is 0 Å². The van der Waals surface area contributed by atoms with E-state index >= 15 is 0 Å². The van der Waals surface area contributed by atoms with Gasteiger partial charge in [-0.05, 0) is 54.5 Å². The van der Waals surface area contributed by atoms with Crippen molar-refractivity contribution in [1.82, 2.24) is 0 Å². The molecule has 1 aliphatic heterocycles. The molecule has 0 aromatic heterocycles. The lowest BCUT2D eigenvalue weighted by Gasteiger charge is -2.37. The Morgan fingerprint density at radius 3 is 2.64 bits per heavy atom. The van der Waals surface area contributed by atoms with Crippen molar-refractivity contribution in [2.45, 2.75) is 57.5 Å². The van der Waals surface area contributed by atoms with E-state index in [0.29, 0.717) is 0 Å². The number of amides is 1. The molecular formula is C25H33N2O5P. The zero-order chi connectivity index (χ0) is 23.6. The van der Waals surface area contributed by atoms with Crippen LogP contribution in [0.15, 0.2) is 42.5 Å². The Morgan fingerprint density at radius 1 is 1.21 bits per heavy atom. The molecule has 2 aliphatic rings. The van der Waals surface area contributed by atoms with Gasteiger partial charge in [0.1, 0.15) is 5.75 Å². The highest BCUT2D eigenvalue weighted by Crippen LogP contribution is 2.52. The van der Waals surface area contributed by atoms with Crippen molar-refractivity contribution in [3.63, 3.8) is 0 Å². The quantitative estimate of drug-likeness (QED) is 0.376. The Kier molecular flexibility index (Phi) is 7.13. The average molecular weight is 473 g/mol. The third-order valence-corrected chi connectivity index (χ3v) is 7.83. The van der Waals surface area contributed by atoms with Crippen LogP contribution < -0.4 is 15.4 Å². The highest BCUT2D eigenvalue weighted by atomic mass is 31.2. The molecule has 4 N–H and O–H groups in total. The second-order valence-corrected chi connectivity index (χ2v) is 10.9. The van der Waals surface area contributed by atoms with Crippen LogP contribution in [0.2, 0.25) is 0 Å². The number of ether oxygens (including phenoxy) is 1. The highest BCUT2D eigenvalue weighted by Gasteiger charge is 2.47. The number of fused-ring (bicyclic) bond motifs is 3. The van der Waals surface area contributed by atoms with Gasteiger partial charge in [0.25, 0.3) is 0 Å². The summed E-state index contributed by atoms with van der Waals surface area (Å²) in [5, 5.41) is 0. The zero-order valence-electron chi connectivity index (χ0n) is 19.0. The Morgan fingerprint density at radius 2 is 1.97 bits per heavy atom. The van der Waals surface area contributed by atoms with Crippen LogP contribution in [-0.2, 0) is 22.3 Å². The molecule has 3 unspecified atom stereocenters. The van der Waals surface area contributed by atoms with Crippen LogP contribution in [0.25, 0.3) is 0 Å². The van der Waals surface area contributed by atoms with Crippen LogP contribution >= 0.6 is 7.60 Å². The van der Waals surface area contributed by atoms with Gasteiger partial charge in [-0.25, -0.2) is 0 Å². The molecule has 0 radical (unpaired) electrons. The first-order valence-electron chi connectivity index (χ1n) is 11.7. The summed E-state index contributed by atoms with van der Waals surface area (Å²) in [7, 11) is -4.04. The van der Waals surface area contributed by atoms with E-state index in [2.05, 4.69) is 36.1 Å². The number of carbonyl (C=O) groups is 1. The van der Waals surface area contributed by atoms with Crippen molar-refractivity contribution in [3.05, 3.63) is 59.2 Å². The average Bonchev–Trinajstić information content (AvgIpc) is 3.08. The molecule has 1 fully saturated rings. The number of benzene rings is 2. The molecule has 33 heavy (non-hydrogen) atoms. The van der Waals surface area contributed by atoms with Gasteiger partial charge in [0.15, 0.2) is 0 Å². The minimum atomic E-state index is -4.04. The number of anilines is 1. The van der Waals surface area contributed by atoms with Crippen LogP contribution in [0.4, 0.5) is 5.69 Å². The smallest absolute Gasteiger partial charge is 0.325 e. The fourth-order valence-corrected chi connectivity index (χ4v) is 5.98. The number of hydrogen-bond acceptors (Lipinski definition) is 4. The SMILES string of the molecule is CCc1cc2c(cc1OCCCP(=O)(O)O)C1C(C(N)=O)CCCC1N2Cc1ccccc1. The Hall–Kier alpha value is -2.34. The van der Waals surface area contributed by atoms with Gasteiger partial charge in [0.2, 0.25) is 5.91 Å². The Balaban J connectivity index is 1.68. The van der Waals surface area contributed by atoms with E-state index in [1.165, 1.54) is 5.56 Å². The van der Waals surface area contributed by atoms with Gasteiger partial charge in [-0.1, -0.05) is 43.7 Å². The van der Waals surface area contributed by atoms with E-state index in [1.54, 1.807) is 0 Å². The Bertz CT molecular complexity index is 1040. The zero-order valence-corrected chi connectivity index (χ0v) is 19.9. The van der Waals surface area contributed by atoms with Crippen LogP contribution in [0, 0.1) is 5.92 Å². The molecule has 2 aromatic rings. The third kappa shape index (κ3) is 5.26. The second-order valence-electron chi connectivity index (χ2n) is 9.11. The predicted molar refractivity (Wildman–Crippen MR) is 129 cm³/mol. The number of aryl methyl sites for hydroxylation is 1. The summed E-state index contributed by atoms with van der Waals surface area (Å²) in [6.07, 6.45) is 3.63. The van der Waals surface area contributed by atoms with Gasteiger partial charge >= 0.3 is 7.60 Å². The van der Waals surface area contributed by atoms with E-state index in [-0.39, 0.29) is 43.0 Å². The third-order valence-electron chi connectivity index (χ3n) is 6.94. The summed E-state index contributed by atoms with van der Waals surface area (Å²) in [6, 6.07) is 14.8. The summed E-state index contributed by atoms with van der Waals surface area (Å²) >= 11 is 0. The van der Waals surface area contributed by atoms with Crippen LogP contribution in [0.5, 0.6) is 5.75 Å². The van der Waals surface area contributed by atoms with E-state index < -0.39 is 7.60 Å². The molecule has 3 atom stereocenters. The standard InChI is InChI=1S/C25H33N2O5P/c1-2-18-14-22-20(15-23(18)32-12-7-13-33(29,30)31)24-19(25(26)28)10-6-11-21(24)27(22)16-17-8-4-3-5-9-17/h3-5,8-9,14-15,19,21,24H,2,6-7,10-13,16H2,1H3,(H2,26,28)(H2,29,30,31). The lowest BCUT2D eigenvalue weighted by atomic mass is 9.73. The van der Waals surface area contributed by atoms with Crippen LogP contribution in [-0.4, -0.2) is 34.5 Å². The van der Waals surface area contributed by atoms with Crippen molar-refractivity contribution in [2.75, 3.05) is 17.7 Å². The van der Waals surface area contributed by atoms with Gasteiger partial charge in [-0.15, -0.1) is 0 Å². The lowest BCUT2D eigenvalue weighted by molar-refractivity contribution is -0.123. The van der Waals surface area contributed by atoms with Gasteiger partial charge in [0, 0.05) is 30.1 Å². The van der Waals surface area contributed by atoms with Crippen LogP contribution in [0.1, 0.15) is 55.2 Å². The van der Waals surface area contributed by atoms with E-state index in [4.69, 9.17) is 20.3 Å². The molecule has 1 amide bonds. The Labute approximate surface area is 195 Å². The first-order valence-corrected chi connectivity index (χ1v) is 13.5. The largest absolute Gasteiger partial charge is 0.493 e. The number of nitrogens with two attached hydrogens (primary N) is 1.